The summed E-state index contributed by atoms with van der Waals surface area (Å²) in [5, 5.41) is 0. The fraction of sp³-hybridized carbons (Fsp3) is 0.357. The van der Waals surface area contributed by atoms with Crippen LogP contribution in [0.4, 0.5) is 0 Å². The maximum atomic E-state index is 14.2. The summed E-state index contributed by atoms with van der Waals surface area (Å²) in [6.45, 7) is 1.13. The Morgan fingerprint density at radius 3 is 2.03 bits per heavy atom. The Bertz CT molecular complexity index is 1320. The van der Waals surface area contributed by atoms with E-state index in [1.165, 1.54) is 21.3 Å². The van der Waals surface area contributed by atoms with Gasteiger partial charge >= 0.3 is 0 Å². The van der Waals surface area contributed by atoms with Crippen molar-refractivity contribution in [2.75, 3.05) is 34.4 Å². The summed E-state index contributed by atoms with van der Waals surface area (Å²) < 4.78 is 16.7. The molecular formula is C28H27NO7. The molecule has 0 N–H and O–H groups in total. The number of Topliss-reactive ketones (excluding diaryl/α,β-unsaturated/α-hetero) is 4. The van der Waals surface area contributed by atoms with Crippen molar-refractivity contribution in [3.63, 3.8) is 0 Å². The zero-order valence-electron chi connectivity index (χ0n) is 20.5. The van der Waals surface area contributed by atoms with Gasteiger partial charge in [-0.2, -0.15) is 0 Å². The molecule has 0 aromatic heterocycles. The number of likely N-dealkylation sites (tertiary alicyclic amines) is 1. The highest BCUT2D eigenvalue weighted by Crippen LogP contribution is 2.44. The highest BCUT2D eigenvalue weighted by Gasteiger charge is 2.51. The number of benzene rings is 1. The van der Waals surface area contributed by atoms with Gasteiger partial charge in [0.15, 0.2) is 17.3 Å². The Morgan fingerprint density at radius 1 is 0.778 bits per heavy atom. The van der Waals surface area contributed by atoms with Crippen molar-refractivity contribution in [3.05, 3.63) is 81.3 Å². The Kier molecular flexibility index (Phi) is 6.10. The number of allylic oxidation sites excluding steroid dienone is 5. The number of methoxy groups -OCH3 is 3. The Labute approximate surface area is 208 Å². The van der Waals surface area contributed by atoms with Crippen LogP contribution in [-0.4, -0.2) is 68.2 Å². The molecule has 4 aliphatic rings. The Balaban J connectivity index is 1.79. The van der Waals surface area contributed by atoms with Crippen molar-refractivity contribution in [1.82, 2.24) is 4.90 Å². The van der Waals surface area contributed by atoms with Crippen LogP contribution < -0.4 is 0 Å². The molecule has 1 aromatic carbocycles. The first kappa shape index (κ1) is 24.1. The molecule has 1 aliphatic heterocycles. The zero-order chi connectivity index (χ0) is 25.6. The van der Waals surface area contributed by atoms with Crippen molar-refractivity contribution in [1.29, 1.82) is 0 Å². The topological polar surface area (TPSA) is 99.2 Å². The molecule has 1 saturated heterocycles. The molecule has 0 radical (unpaired) electrons. The van der Waals surface area contributed by atoms with Gasteiger partial charge in [0.2, 0.25) is 17.4 Å². The minimum atomic E-state index is -1.60. The smallest absolute Gasteiger partial charge is 0.225 e. The molecule has 8 nitrogen and oxygen atoms in total. The first-order chi connectivity index (χ1) is 17.4. The van der Waals surface area contributed by atoms with Crippen LogP contribution in [0.5, 0.6) is 0 Å². The highest BCUT2D eigenvalue weighted by atomic mass is 16.7. The monoisotopic (exact) mass is 489 g/mol. The summed E-state index contributed by atoms with van der Waals surface area (Å²) in [5.74, 6) is -3.85. The molecule has 36 heavy (non-hydrogen) atoms. The fourth-order valence-electron chi connectivity index (χ4n) is 5.57. The van der Waals surface area contributed by atoms with E-state index in [-0.39, 0.29) is 57.1 Å². The van der Waals surface area contributed by atoms with Crippen molar-refractivity contribution in [2.24, 2.45) is 0 Å². The molecule has 0 saturated carbocycles. The summed E-state index contributed by atoms with van der Waals surface area (Å²) in [6, 6.07) is 6.55. The minimum absolute atomic E-state index is 0.000372. The number of fused-ring (bicyclic) bond motifs is 1. The highest BCUT2D eigenvalue weighted by molar-refractivity contribution is 6.36. The Morgan fingerprint density at radius 2 is 1.42 bits per heavy atom. The number of rotatable bonds is 5. The maximum Gasteiger partial charge on any atom is 0.225 e. The lowest BCUT2D eigenvalue weighted by Crippen LogP contribution is -2.45. The number of piperidine rings is 1. The minimum Gasteiger partial charge on any atom is -0.492 e. The third-order valence-corrected chi connectivity index (χ3v) is 7.30. The number of nitrogens with zero attached hydrogens (tertiary/aromatic N) is 1. The second-order valence-corrected chi connectivity index (χ2v) is 9.08. The molecule has 0 bridgehead atoms. The molecule has 1 heterocycles. The quantitative estimate of drug-likeness (QED) is 0.354. The third kappa shape index (κ3) is 3.36. The first-order valence-corrected chi connectivity index (χ1v) is 12.0. The molecule has 1 aromatic rings. The standard InChI is InChI=1S/C28H27NO7/c1-34-27-20(26(33)21-18(25(27)32)12-9-13-28(21,35-2)36-3)19-22(29-14-7-4-8-15-29)24(31)17-11-6-5-10-16(17)23(19)30/h5-6,9-11,13H,4,7-8,12,14-15H2,1-3H3. The van der Waals surface area contributed by atoms with Crippen molar-refractivity contribution in [3.8, 4) is 0 Å². The van der Waals surface area contributed by atoms with E-state index in [4.69, 9.17) is 14.2 Å². The predicted octanol–water partition coefficient (Wildman–Crippen LogP) is 3.10. The van der Waals surface area contributed by atoms with Gasteiger partial charge in [-0.15, -0.1) is 0 Å². The van der Waals surface area contributed by atoms with E-state index in [0.717, 1.165) is 19.3 Å². The number of carbonyl (C=O) groups is 4. The predicted molar refractivity (Wildman–Crippen MR) is 129 cm³/mol. The molecule has 0 atom stereocenters. The molecule has 8 heteroatoms. The normalized spacial score (nSPS) is 21.8. The molecular weight excluding hydrogens is 462 g/mol. The molecule has 186 valence electrons. The maximum absolute atomic E-state index is 14.2. The number of hydrogen-bond donors (Lipinski definition) is 0. The number of carbonyl (C=O) groups excluding carboxylic acids is 4. The van der Waals surface area contributed by atoms with E-state index in [1.54, 1.807) is 36.4 Å². The van der Waals surface area contributed by atoms with Crippen LogP contribution in [0.2, 0.25) is 0 Å². The van der Waals surface area contributed by atoms with Crippen LogP contribution >= 0.6 is 0 Å². The van der Waals surface area contributed by atoms with Crippen LogP contribution in [0.3, 0.4) is 0 Å². The van der Waals surface area contributed by atoms with E-state index >= 15 is 0 Å². The van der Waals surface area contributed by atoms with Gasteiger partial charge in [0, 0.05) is 44.0 Å². The molecule has 5 rings (SSSR count). The average molecular weight is 490 g/mol. The van der Waals surface area contributed by atoms with Crippen LogP contribution in [0.15, 0.2) is 70.2 Å². The average Bonchev–Trinajstić information content (AvgIpc) is 2.92. The van der Waals surface area contributed by atoms with E-state index < -0.39 is 23.1 Å². The van der Waals surface area contributed by atoms with Crippen LogP contribution in [-0.2, 0) is 23.8 Å². The van der Waals surface area contributed by atoms with Gasteiger partial charge < -0.3 is 19.1 Å². The third-order valence-electron chi connectivity index (χ3n) is 7.30. The fourth-order valence-corrected chi connectivity index (χ4v) is 5.57. The van der Waals surface area contributed by atoms with Crippen molar-refractivity contribution >= 4 is 23.1 Å². The summed E-state index contributed by atoms with van der Waals surface area (Å²) in [4.78, 5) is 57.6. The van der Waals surface area contributed by atoms with E-state index in [1.807, 2.05) is 4.90 Å². The van der Waals surface area contributed by atoms with Crippen LogP contribution in [0.25, 0.3) is 0 Å². The van der Waals surface area contributed by atoms with Crippen molar-refractivity contribution < 1.29 is 33.4 Å². The summed E-state index contributed by atoms with van der Waals surface area (Å²) >= 11 is 0. The van der Waals surface area contributed by atoms with E-state index in [2.05, 4.69) is 0 Å². The van der Waals surface area contributed by atoms with Gasteiger partial charge in [-0.05, 0) is 31.8 Å². The summed E-state index contributed by atoms with van der Waals surface area (Å²) in [5.41, 5.74) is 0.475. The Hall–Kier alpha value is -3.62. The van der Waals surface area contributed by atoms with Crippen molar-refractivity contribution in [2.45, 2.75) is 31.5 Å². The second-order valence-electron chi connectivity index (χ2n) is 9.08. The van der Waals surface area contributed by atoms with Crippen LogP contribution in [0.1, 0.15) is 46.4 Å². The summed E-state index contributed by atoms with van der Waals surface area (Å²) in [7, 11) is 4.04. The van der Waals surface area contributed by atoms with Crippen LogP contribution in [0, 0.1) is 0 Å². The van der Waals surface area contributed by atoms with Gasteiger partial charge in [0.05, 0.1) is 29.5 Å². The molecule has 0 amide bonds. The molecule has 0 unspecified atom stereocenters. The number of ether oxygens (including phenoxy) is 3. The molecule has 3 aliphatic carbocycles. The van der Waals surface area contributed by atoms with E-state index in [9.17, 15) is 19.2 Å². The SMILES string of the molecule is COC1=C(C2=C(N3CCCCC3)C(=O)c3ccccc3C2=O)C(=O)C2=C(CC=CC2(OC)OC)C1=O. The largest absolute Gasteiger partial charge is 0.492 e. The number of ketones is 4. The van der Waals surface area contributed by atoms with Gasteiger partial charge in [0.1, 0.15) is 0 Å². The lowest BCUT2D eigenvalue weighted by Gasteiger charge is -2.38. The van der Waals surface area contributed by atoms with Gasteiger partial charge in [-0.3, -0.25) is 19.2 Å². The van der Waals surface area contributed by atoms with Gasteiger partial charge in [-0.25, -0.2) is 0 Å². The van der Waals surface area contributed by atoms with Gasteiger partial charge in [0.25, 0.3) is 0 Å². The lowest BCUT2D eigenvalue weighted by atomic mass is 9.74. The molecule has 1 fully saturated rings. The second kappa shape index (κ2) is 9.11. The number of hydrogen-bond acceptors (Lipinski definition) is 8. The summed E-state index contributed by atoms with van der Waals surface area (Å²) in [6.07, 6.45) is 6.16. The zero-order valence-corrected chi connectivity index (χ0v) is 20.5. The lowest BCUT2D eigenvalue weighted by molar-refractivity contribution is -0.152. The van der Waals surface area contributed by atoms with Gasteiger partial charge in [-0.1, -0.05) is 30.3 Å². The molecule has 0 spiro atoms. The first-order valence-electron chi connectivity index (χ1n) is 12.0. The van der Waals surface area contributed by atoms with E-state index in [0.29, 0.717) is 13.1 Å².